The first-order valence-electron chi connectivity index (χ1n) is 6.45. The van der Waals surface area contributed by atoms with Gasteiger partial charge in [-0.3, -0.25) is 4.79 Å². The highest BCUT2D eigenvalue weighted by Gasteiger charge is 2.20. The number of hydrogen-bond donors (Lipinski definition) is 1. The summed E-state index contributed by atoms with van der Waals surface area (Å²) in [5.41, 5.74) is 2.05. The third kappa shape index (κ3) is 4.22. The maximum absolute atomic E-state index is 11.3. The van der Waals surface area contributed by atoms with E-state index in [1.807, 2.05) is 31.2 Å². The van der Waals surface area contributed by atoms with Crippen molar-refractivity contribution in [2.24, 2.45) is 0 Å². The Morgan fingerprint density at radius 2 is 1.94 bits per heavy atom. The van der Waals surface area contributed by atoms with E-state index in [4.69, 9.17) is 0 Å². The lowest BCUT2D eigenvalue weighted by molar-refractivity contribution is -0.139. The van der Waals surface area contributed by atoms with Gasteiger partial charge in [-0.05, 0) is 24.5 Å². The highest BCUT2D eigenvalue weighted by Crippen LogP contribution is 2.25. The maximum Gasteiger partial charge on any atom is 0.310 e. The van der Waals surface area contributed by atoms with E-state index in [1.54, 1.807) is 0 Å². The molecule has 0 heterocycles. The van der Waals surface area contributed by atoms with Crippen LogP contribution < -0.4 is 0 Å². The smallest absolute Gasteiger partial charge is 0.310 e. The molecular formula is C15H22O2. The van der Waals surface area contributed by atoms with Crippen LogP contribution >= 0.6 is 0 Å². The summed E-state index contributed by atoms with van der Waals surface area (Å²) < 4.78 is 0. The topological polar surface area (TPSA) is 37.3 Å². The van der Waals surface area contributed by atoms with Crippen LogP contribution in [-0.2, 0) is 4.79 Å². The van der Waals surface area contributed by atoms with Crippen molar-refractivity contribution in [3.63, 3.8) is 0 Å². The van der Waals surface area contributed by atoms with E-state index in [9.17, 15) is 9.90 Å². The molecule has 1 unspecified atom stereocenters. The summed E-state index contributed by atoms with van der Waals surface area (Å²) in [5, 5.41) is 9.31. The zero-order valence-electron chi connectivity index (χ0n) is 10.8. The largest absolute Gasteiger partial charge is 0.481 e. The summed E-state index contributed by atoms with van der Waals surface area (Å²) in [6.07, 6.45) is 5.26. The number of carboxylic acid groups (broad SMARTS) is 1. The van der Waals surface area contributed by atoms with E-state index in [2.05, 4.69) is 6.92 Å². The summed E-state index contributed by atoms with van der Waals surface area (Å²) in [5.74, 6) is -1.04. The molecule has 0 aliphatic rings. The molecule has 0 bridgehead atoms. The fraction of sp³-hybridized carbons (Fsp3) is 0.533. The Labute approximate surface area is 104 Å². The standard InChI is InChI=1S/C15H22O2/c1-3-4-5-6-11-14(15(16)17)13-10-8-7-9-12(13)2/h7-10,14H,3-6,11H2,1-2H3,(H,16,17). The van der Waals surface area contributed by atoms with Crippen LogP contribution in [-0.4, -0.2) is 11.1 Å². The van der Waals surface area contributed by atoms with Gasteiger partial charge in [0.15, 0.2) is 0 Å². The van der Waals surface area contributed by atoms with E-state index in [1.165, 1.54) is 12.8 Å². The van der Waals surface area contributed by atoms with Gasteiger partial charge in [-0.1, -0.05) is 56.9 Å². The van der Waals surface area contributed by atoms with Gasteiger partial charge in [0, 0.05) is 0 Å². The zero-order chi connectivity index (χ0) is 12.7. The normalized spacial score (nSPS) is 12.4. The highest BCUT2D eigenvalue weighted by molar-refractivity contribution is 5.76. The number of aryl methyl sites for hydroxylation is 1. The van der Waals surface area contributed by atoms with Gasteiger partial charge >= 0.3 is 5.97 Å². The Morgan fingerprint density at radius 1 is 1.24 bits per heavy atom. The summed E-state index contributed by atoms with van der Waals surface area (Å²) in [6.45, 7) is 4.15. The molecule has 0 aromatic heterocycles. The molecule has 0 saturated heterocycles. The minimum Gasteiger partial charge on any atom is -0.481 e. The third-order valence-corrected chi connectivity index (χ3v) is 3.21. The van der Waals surface area contributed by atoms with Crippen molar-refractivity contribution in [2.75, 3.05) is 0 Å². The lowest BCUT2D eigenvalue weighted by atomic mass is 9.90. The lowest BCUT2D eigenvalue weighted by Crippen LogP contribution is -2.12. The number of carboxylic acids is 1. The molecule has 94 valence electrons. The molecule has 0 fully saturated rings. The quantitative estimate of drug-likeness (QED) is 0.720. The monoisotopic (exact) mass is 234 g/mol. The van der Waals surface area contributed by atoms with Gasteiger partial charge in [0.1, 0.15) is 0 Å². The van der Waals surface area contributed by atoms with Gasteiger partial charge < -0.3 is 5.11 Å². The van der Waals surface area contributed by atoms with Gasteiger partial charge in [-0.2, -0.15) is 0 Å². The van der Waals surface area contributed by atoms with Gasteiger partial charge in [-0.25, -0.2) is 0 Å². The number of carbonyl (C=O) groups is 1. The van der Waals surface area contributed by atoms with Crippen LogP contribution in [0.4, 0.5) is 0 Å². The van der Waals surface area contributed by atoms with Crippen molar-refractivity contribution in [2.45, 2.75) is 51.9 Å². The van der Waals surface area contributed by atoms with E-state index in [0.717, 1.165) is 30.4 Å². The first-order chi connectivity index (χ1) is 8.16. The molecule has 0 amide bonds. The first-order valence-corrected chi connectivity index (χ1v) is 6.45. The summed E-state index contributed by atoms with van der Waals surface area (Å²) in [4.78, 5) is 11.3. The molecule has 2 nitrogen and oxygen atoms in total. The number of hydrogen-bond acceptors (Lipinski definition) is 1. The molecule has 0 spiro atoms. The molecule has 0 saturated carbocycles. The molecule has 1 rings (SSSR count). The Kier molecular flexibility index (Phi) is 5.75. The number of rotatable bonds is 7. The fourth-order valence-electron chi connectivity index (χ4n) is 2.17. The van der Waals surface area contributed by atoms with Crippen molar-refractivity contribution in [1.82, 2.24) is 0 Å². The van der Waals surface area contributed by atoms with E-state index in [-0.39, 0.29) is 5.92 Å². The Bertz CT molecular complexity index is 358. The second kappa shape index (κ2) is 7.10. The molecule has 1 atom stereocenters. The summed E-state index contributed by atoms with van der Waals surface area (Å²) in [6, 6.07) is 7.80. The van der Waals surface area contributed by atoms with Crippen molar-refractivity contribution in [3.05, 3.63) is 35.4 Å². The third-order valence-electron chi connectivity index (χ3n) is 3.21. The van der Waals surface area contributed by atoms with Crippen LogP contribution in [0, 0.1) is 6.92 Å². The summed E-state index contributed by atoms with van der Waals surface area (Å²) in [7, 11) is 0. The minimum atomic E-state index is -0.698. The van der Waals surface area contributed by atoms with E-state index in [0.29, 0.717) is 0 Å². The van der Waals surface area contributed by atoms with Crippen LogP contribution in [0.1, 0.15) is 56.1 Å². The van der Waals surface area contributed by atoms with Crippen molar-refractivity contribution >= 4 is 5.97 Å². The van der Waals surface area contributed by atoms with E-state index >= 15 is 0 Å². The lowest BCUT2D eigenvalue weighted by Gasteiger charge is -2.15. The van der Waals surface area contributed by atoms with Crippen molar-refractivity contribution in [1.29, 1.82) is 0 Å². The maximum atomic E-state index is 11.3. The van der Waals surface area contributed by atoms with Crippen LogP contribution in [0.15, 0.2) is 24.3 Å². The summed E-state index contributed by atoms with van der Waals surface area (Å²) >= 11 is 0. The first kappa shape index (κ1) is 13.8. The molecule has 1 N–H and O–H groups in total. The van der Waals surface area contributed by atoms with Crippen molar-refractivity contribution in [3.8, 4) is 0 Å². The Hall–Kier alpha value is -1.31. The molecule has 0 aliphatic heterocycles. The molecule has 0 radical (unpaired) electrons. The van der Waals surface area contributed by atoms with Crippen LogP contribution in [0.2, 0.25) is 0 Å². The van der Waals surface area contributed by atoms with Gasteiger partial charge in [-0.15, -0.1) is 0 Å². The number of aliphatic carboxylic acids is 1. The SMILES string of the molecule is CCCCCCC(C(=O)O)c1ccccc1C. The Morgan fingerprint density at radius 3 is 2.53 bits per heavy atom. The fourth-order valence-corrected chi connectivity index (χ4v) is 2.17. The predicted octanol–water partition coefficient (Wildman–Crippen LogP) is 4.13. The van der Waals surface area contributed by atoms with Crippen LogP contribution in [0.25, 0.3) is 0 Å². The van der Waals surface area contributed by atoms with Crippen LogP contribution in [0.3, 0.4) is 0 Å². The highest BCUT2D eigenvalue weighted by atomic mass is 16.4. The van der Waals surface area contributed by atoms with Gasteiger partial charge in [0.05, 0.1) is 5.92 Å². The number of unbranched alkanes of at least 4 members (excludes halogenated alkanes) is 3. The minimum absolute atomic E-state index is 0.340. The average Bonchev–Trinajstić information content (AvgIpc) is 2.30. The molecular weight excluding hydrogens is 212 g/mol. The van der Waals surface area contributed by atoms with Gasteiger partial charge in [0.2, 0.25) is 0 Å². The van der Waals surface area contributed by atoms with E-state index < -0.39 is 5.97 Å². The predicted molar refractivity (Wildman–Crippen MR) is 70.3 cm³/mol. The molecule has 17 heavy (non-hydrogen) atoms. The Balaban J connectivity index is 2.66. The number of benzene rings is 1. The van der Waals surface area contributed by atoms with Crippen LogP contribution in [0.5, 0.6) is 0 Å². The van der Waals surface area contributed by atoms with Gasteiger partial charge in [0.25, 0.3) is 0 Å². The molecule has 1 aromatic rings. The average molecular weight is 234 g/mol. The van der Waals surface area contributed by atoms with Crippen molar-refractivity contribution < 1.29 is 9.90 Å². The second-order valence-electron chi connectivity index (χ2n) is 4.60. The second-order valence-corrected chi connectivity index (χ2v) is 4.60. The molecule has 2 heteroatoms. The zero-order valence-corrected chi connectivity index (χ0v) is 10.8. The molecule has 1 aromatic carbocycles. The molecule has 0 aliphatic carbocycles.